The van der Waals surface area contributed by atoms with Gasteiger partial charge in [0.1, 0.15) is 0 Å². The van der Waals surface area contributed by atoms with Gasteiger partial charge in [-0.15, -0.1) is 0 Å². The summed E-state index contributed by atoms with van der Waals surface area (Å²) in [5.41, 5.74) is 3.06. The third kappa shape index (κ3) is 3.78. The first-order chi connectivity index (χ1) is 12.9. The van der Waals surface area contributed by atoms with Crippen molar-refractivity contribution < 1.29 is 9.59 Å². The van der Waals surface area contributed by atoms with Crippen LogP contribution in [0.1, 0.15) is 40.3 Å². The topological polar surface area (TPSA) is 64.0 Å². The standard InChI is InChI=1S/C21H20ClN3O2/c1-13(17-11-7-8-12-18(17)22)23-21(27)20(26)19-14(2)24-25(15(19)3)16-9-5-4-6-10-16/h4-13H,1-3H3,(H,23,27). The van der Waals surface area contributed by atoms with E-state index in [2.05, 4.69) is 10.4 Å². The third-order valence-corrected chi connectivity index (χ3v) is 4.79. The van der Waals surface area contributed by atoms with Crippen LogP contribution >= 0.6 is 11.6 Å². The number of rotatable bonds is 5. The van der Waals surface area contributed by atoms with Crippen LogP contribution in [0.3, 0.4) is 0 Å². The molecule has 1 N–H and O–H groups in total. The van der Waals surface area contributed by atoms with Crippen molar-refractivity contribution in [1.29, 1.82) is 0 Å². The summed E-state index contributed by atoms with van der Waals surface area (Å²) in [5, 5.41) is 7.70. The molecule has 0 fully saturated rings. The van der Waals surface area contributed by atoms with Gasteiger partial charge in [-0.05, 0) is 44.5 Å². The van der Waals surface area contributed by atoms with E-state index in [1.165, 1.54) is 0 Å². The monoisotopic (exact) mass is 381 g/mol. The summed E-state index contributed by atoms with van der Waals surface area (Å²) in [6.45, 7) is 5.30. The summed E-state index contributed by atoms with van der Waals surface area (Å²) in [5.74, 6) is -1.28. The van der Waals surface area contributed by atoms with Crippen molar-refractivity contribution in [2.24, 2.45) is 0 Å². The lowest BCUT2D eigenvalue weighted by Crippen LogP contribution is -2.33. The second-order valence-corrected chi connectivity index (χ2v) is 6.75. The van der Waals surface area contributed by atoms with Crippen molar-refractivity contribution in [3.63, 3.8) is 0 Å². The number of nitrogens with zero attached hydrogens (tertiary/aromatic N) is 2. The van der Waals surface area contributed by atoms with Crippen LogP contribution in [-0.2, 0) is 4.79 Å². The van der Waals surface area contributed by atoms with E-state index in [0.29, 0.717) is 22.0 Å². The lowest BCUT2D eigenvalue weighted by Gasteiger charge is -2.15. The number of Topliss-reactive ketones (excluding diaryl/α,β-unsaturated/α-hetero) is 1. The molecule has 0 spiro atoms. The van der Waals surface area contributed by atoms with Crippen LogP contribution in [0.4, 0.5) is 0 Å². The summed E-state index contributed by atoms with van der Waals surface area (Å²) >= 11 is 6.17. The molecular weight excluding hydrogens is 362 g/mol. The predicted octanol–water partition coefficient (Wildman–Crippen LogP) is 4.20. The molecular formula is C21H20ClN3O2. The lowest BCUT2D eigenvalue weighted by atomic mass is 10.1. The molecule has 0 aliphatic heterocycles. The molecule has 1 unspecified atom stereocenters. The number of carbonyl (C=O) groups is 2. The van der Waals surface area contributed by atoms with Crippen LogP contribution in [0.2, 0.25) is 5.02 Å². The highest BCUT2D eigenvalue weighted by Gasteiger charge is 2.26. The highest BCUT2D eigenvalue weighted by atomic mass is 35.5. The Morgan fingerprint density at radius 1 is 1.04 bits per heavy atom. The van der Waals surface area contributed by atoms with Gasteiger partial charge in [-0.25, -0.2) is 4.68 Å². The summed E-state index contributed by atoms with van der Waals surface area (Å²) in [6.07, 6.45) is 0. The number of hydrogen-bond donors (Lipinski definition) is 1. The highest BCUT2D eigenvalue weighted by molar-refractivity contribution is 6.43. The Labute approximate surface area is 163 Å². The van der Waals surface area contributed by atoms with E-state index >= 15 is 0 Å². The number of aromatic nitrogens is 2. The fourth-order valence-electron chi connectivity index (χ4n) is 3.07. The number of hydrogen-bond acceptors (Lipinski definition) is 3. The SMILES string of the molecule is Cc1nn(-c2ccccc2)c(C)c1C(=O)C(=O)NC(C)c1ccccc1Cl. The van der Waals surface area contributed by atoms with Crippen LogP contribution < -0.4 is 5.32 Å². The molecule has 1 heterocycles. The number of nitrogens with one attached hydrogen (secondary N) is 1. The number of amides is 1. The Balaban J connectivity index is 1.85. The van der Waals surface area contributed by atoms with Gasteiger partial charge in [-0.3, -0.25) is 9.59 Å². The quantitative estimate of drug-likeness (QED) is 0.532. The molecule has 3 aromatic rings. The van der Waals surface area contributed by atoms with Gasteiger partial charge in [-0.2, -0.15) is 5.10 Å². The van der Waals surface area contributed by atoms with Gasteiger partial charge in [0, 0.05) is 5.02 Å². The molecule has 0 saturated carbocycles. The molecule has 5 nitrogen and oxygen atoms in total. The summed E-state index contributed by atoms with van der Waals surface area (Å²) in [6, 6.07) is 16.3. The van der Waals surface area contributed by atoms with Crippen molar-refractivity contribution in [1.82, 2.24) is 15.1 Å². The molecule has 138 valence electrons. The molecule has 0 bridgehead atoms. The average molecular weight is 382 g/mol. The van der Waals surface area contributed by atoms with E-state index in [0.717, 1.165) is 11.3 Å². The molecule has 3 rings (SSSR count). The molecule has 0 radical (unpaired) electrons. The number of carbonyl (C=O) groups excluding carboxylic acids is 2. The van der Waals surface area contributed by atoms with Crippen LogP contribution in [0.5, 0.6) is 0 Å². The van der Waals surface area contributed by atoms with Crippen molar-refractivity contribution in [2.75, 3.05) is 0 Å². The van der Waals surface area contributed by atoms with Gasteiger partial charge >= 0.3 is 0 Å². The van der Waals surface area contributed by atoms with Crippen molar-refractivity contribution in [2.45, 2.75) is 26.8 Å². The molecule has 6 heteroatoms. The highest BCUT2D eigenvalue weighted by Crippen LogP contribution is 2.23. The number of aryl methyl sites for hydroxylation is 1. The van der Waals surface area contributed by atoms with Gasteiger partial charge in [0.05, 0.1) is 28.7 Å². The molecule has 1 aromatic heterocycles. The van der Waals surface area contributed by atoms with E-state index in [4.69, 9.17) is 11.6 Å². The van der Waals surface area contributed by atoms with Crippen molar-refractivity contribution in [3.05, 3.63) is 82.1 Å². The first-order valence-electron chi connectivity index (χ1n) is 8.61. The summed E-state index contributed by atoms with van der Waals surface area (Å²) in [7, 11) is 0. The smallest absolute Gasteiger partial charge is 0.293 e. The Hall–Kier alpha value is -2.92. The van der Waals surface area contributed by atoms with Gasteiger partial charge in [0.25, 0.3) is 11.7 Å². The normalized spacial score (nSPS) is 11.9. The van der Waals surface area contributed by atoms with Gasteiger partial charge in [-0.1, -0.05) is 48.0 Å². The van der Waals surface area contributed by atoms with Crippen molar-refractivity contribution >= 4 is 23.3 Å². The largest absolute Gasteiger partial charge is 0.343 e. The van der Waals surface area contributed by atoms with Crippen LogP contribution in [0.25, 0.3) is 5.69 Å². The Bertz CT molecular complexity index is 996. The zero-order valence-corrected chi connectivity index (χ0v) is 16.1. The van der Waals surface area contributed by atoms with Gasteiger partial charge in [0.15, 0.2) is 0 Å². The number of para-hydroxylation sites is 1. The number of halogens is 1. The Morgan fingerprint density at radius 3 is 2.33 bits per heavy atom. The minimum Gasteiger partial charge on any atom is -0.343 e. The van der Waals surface area contributed by atoms with Crippen LogP contribution in [0, 0.1) is 13.8 Å². The molecule has 27 heavy (non-hydrogen) atoms. The van der Waals surface area contributed by atoms with E-state index < -0.39 is 11.7 Å². The van der Waals surface area contributed by atoms with E-state index in [-0.39, 0.29) is 6.04 Å². The molecule has 0 saturated heterocycles. The zero-order valence-electron chi connectivity index (χ0n) is 15.4. The Morgan fingerprint density at radius 2 is 1.67 bits per heavy atom. The Kier molecular flexibility index (Phi) is 5.42. The second kappa shape index (κ2) is 7.76. The molecule has 1 atom stereocenters. The van der Waals surface area contributed by atoms with E-state index in [1.807, 2.05) is 48.5 Å². The summed E-state index contributed by atoms with van der Waals surface area (Å²) in [4.78, 5) is 25.3. The number of ketones is 1. The molecule has 0 aliphatic carbocycles. The van der Waals surface area contributed by atoms with Gasteiger partial charge < -0.3 is 5.32 Å². The maximum absolute atomic E-state index is 12.8. The lowest BCUT2D eigenvalue weighted by molar-refractivity contribution is -0.117. The zero-order chi connectivity index (χ0) is 19.6. The maximum Gasteiger partial charge on any atom is 0.293 e. The summed E-state index contributed by atoms with van der Waals surface area (Å²) < 4.78 is 1.67. The molecule has 0 aliphatic rings. The molecule has 2 aromatic carbocycles. The first-order valence-corrected chi connectivity index (χ1v) is 8.99. The van der Waals surface area contributed by atoms with Crippen LogP contribution in [-0.4, -0.2) is 21.5 Å². The van der Waals surface area contributed by atoms with E-state index in [9.17, 15) is 9.59 Å². The predicted molar refractivity (Wildman–Crippen MR) is 105 cm³/mol. The van der Waals surface area contributed by atoms with Crippen LogP contribution in [0.15, 0.2) is 54.6 Å². The molecule has 1 amide bonds. The van der Waals surface area contributed by atoms with Gasteiger partial charge in [0.2, 0.25) is 0 Å². The minimum atomic E-state index is -0.679. The fraction of sp³-hybridized carbons (Fsp3) is 0.190. The number of benzene rings is 2. The second-order valence-electron chi connectivity index (χ2n) is 6.34. The minimum absolute atomic E-state index is 0.322. The average Bonchev–Trinajstić information content (AvgIpc) is 2.96. The van der Waals surface area contributed by atoms with E-state index in [1.54, 1.807) is 31.5 Å². The fourth-order valence-corrected chi connectivity index (χ4v) is 3.37. The third-order valence-electron chi connectivity index (χ3n) is 4.44. The maximum atomic E-state index is 12.8. The first kappa shape index (κ1) is 18.9. The van der Waals surface area contributed by atoms with Crippen molar-refractivity contribution in [3.8, 4) is 5.69 Å².